The quantitative estimate of drug-likeness (QED) is 0.656. The molecule has 0 unspecified atom stereocenters. The van der Waals surface area contributed by atoms with E-state index >= 15 is 0 Å². The molecule has 1 aromatic carbocycles. The average molecular weight is 417 g/mol. The molecular weight excluding hydrogens is 384 g/mol. The molecule has 0 bridgehead atoms. The van der Waals surface area contributed by atoms with E-state index < -0.39 is 11.2 Å². The molecule has 7 nitrogen and oxygen atoms in total. The fourth-order valence-electron chi connectivity index (χ4n) is 4.53. The number of benzene rings is 1. The first-order valence-corrected chi connectivity index (χ1v) is 10.7. The number of carbonyl (C=O) groups is 2. The Labute approximate surface area is 178 Å². The second kappa shape index (κ2) is 7.54. The van der Waals surface area contributed by atoms with Gasteiger partial charge in [0.2, 0.25) is 0 Å². The van der Waals surface area contributed by atoms with Gasteiger partial charge in [0, 0.05) is 32.6 Å². The maximum absolute atomic E-state index is 12.4. The highest BCUT2D eigenvalue weighted by molar-refractivity contribution is 5.92. The Balaban J connectivity index is 1.45. The van der Waals surface area contributed by atoms with Gasteiger partial charge in [0.25, 0.3) is 0 Å². The van der Waals surface area contributed by atoms with E-state index in [0.717, 1.165) is 30.6 Å². The molecule has 30 heavy (non-hydrogen) atoms. The topological polar surface area (TPSA) is 68.3 Å². The van der Waals surface area contributed by atoms with Crippen LogP contribution in [0.15, 0.2) is 18.2 Å². The Morgan fingerprint density at radius 1 is 1.27 bits per heavy atom. The summed E-state index contributed by atoms with van der Waals surface area (Å²) in [5.41, 5.74) is 1.81. The zero-order valence-electron chi connectivity index (χ0n) is 18.6. The largest absolute Gasteiger partial charge is 0.459 e. The predicted octanol–water partition coefficient (Wildman–Crippen LogP) is 2.95. The van der Waals surface area contributed by atoms with Crippen LogP contribution in [0.2, 0.25) is 0 Å². The monoisotopic (exact) mass is 416 g/mol. The van der Waals surface area contributed by atoms with E-state index in [2.05, 4.69) is 17.9 Å². The van der Waals surface area contributed by atoms with Crippen LogP contribution in [0.1, 0.15) is 56.1 Å². The van der Waals surface area contributed by atoms with Gasteiger partial charge in [0.15, 0.2) is 0 Å². The number of hydrogen-bond donors (Lipinski definition) is 0. The first kappa shape index (κ1) is 21.1. The van der Waals surface area contributed by atoms with Crippen molar-refractivity contribution in [3.05, 3.63) is 34.9 Å². The predicted molar refractivity (Wildman–Crippen MR) is 111 cm³/mol. The van der Waals surface area contributed by atoms with Crippen LogP contribution in [0.4, 0.5) is 4.79 Å². The Bertz CT molecular complexity index is 848. The van der Waals surface area contributed by atoms with Gasteiger partial charge in [0.1, 0.15) is 17.3 Å². The van der Waals surface area contributed by atoms with E-state index in [1.807, 2.05) is 39.8 Å². The van der Waals surface area contributed by atoms with Crippen molar-refractivity contribution < 1.29 is 23.8 Å². The molecule has 3 aliphatic heterocycles. The molecule has 1 aromatic rings. The van der Waals surface area contributed by atoms with Crippen LogP contribution < -0.4 is 0 Å². The van der Waals surface area contributed by atoms with Gasteiger partial charge in [-0.25, -0.2) is 9.59 Å². The minimum atomic E-state index is -0.494. The van der Waals surface area contributed by atoms with Gasteiger partial charge in [-0.2, -0.15) is 0 Å². The third kappa shape index (κ3) is 4.18. The van der Waals surface area contributed by atoms with E-state index in [1.165, 1.54) is 0 Å². The number of nitrogens with zero attached hydrogens (tertiary/aromatic N) is 2. The van der Waals surface area contributed by atoms with Crippen molar-refractivity contribution in [2.24, 2.45) is 0 Å². The van der Waals surface area contributed by atoms with Gasteiger partial charge >= 0.3 is 12.1 Å². The highest BCUT2D eigenvalue weighted by atomic mass is 16.6. The second-order valence-electron chi connectivity index (χ2n) is 9.88. The van der Waals surface area contributed by atoms with Crippen LogP contribution in [0, 0.1) is 0 Å². The van der Waals surface area contributed by atoms with E-state index in [1.54, 1.807) is 4.90 Å². The fourth-order valence-corrected chi connectivity index (χ4v) is 4.53. The number of piperazine rings is 1. The van der Waals surface area contributed by atoms with Crippen LogP contribution in [-0.2, 0) is 26.2 Å². The summed E-state index contributed by atoms with van der Waals surface area (Å²) in [6.07, 6.45) is 0.360. The molecule has 3 aliphatic rings. The minimum Gasteiger partial charge on any atom is -0.459 e. The standard InChI is InChI=1S/C23H32N2O5/c1-15-10-16-11-17(6-7-19(16)20(26)29-15)23(5)14-25-9-8-24(12-18(25)13-28-23)21(27)30-22(2,3)4/h6-7,11,15,18H,8-10,12-14H2,1-5H3/t15-,18-,23-/m0/s1. The maximum Gasteiger partial charge on any atom is 0.410 e. The highest BCUT2D eigenvalue weighted by Gasteiger charge is 2.42. The van der Waals surface area contributed by atoms with Gasteiger partial charge in [-0.1, -0.05) is 12.1 Å². The molecule has 7 heteroatoms. The van der Waals surface area contributed by atoms with E-state index in [0.29, 0.717) is 25.3 Å². The van der Waals surface area contributed by atoms with Gasteiger partial charge in [-0.3, -0.25) is 4.90 Å². The molecule has 0 spiro atoms. The van der Waals surface area contributed by atoms with E-state index in [4.69, 9.17) is 14.2 Å². The minimum absolute atomic E-state index is 0.106. The number of hydrogen-bond acceptors (Lipinski definition) is 6. The van der Waals surface area contributed by atoms with Crippen LogP contribution in [0.5, 0.6) is 0 Å². The van der Waals surface area contributed by atoms with Crippen molar-refractivity contribution in [2.45, 2.75) is 64.4 Å². The van der Waals surface area contributed by atoms with Gasteiger partial charge < -0.3 is 19.1 Å². The molecule has 0 radical (unpaired) electrons. The second-order valence-corrected chi connectivity index (χ2v) is 9.88. The van der Waals surface area contributed by atoms with Crippen molar-refractivity contribution >= 4 is 12.1 Å². The lowest BCUT2D eigenvalue weighted by Gasteiger charge is -2.49. The van der Waals surface area contributed by atoms with Crippen molar-refractivity contribution in [1.29, 1.82) is 0 Å². The Kier molecular flexibility index (Phi) is 5.31. The van der Waals surface area contributed by atoms with E-state index in [9.17, 15) is 9.59 Å². The number of rotatable bonds is 1. The van der Waals surface area contributed by atoms with Crippen molar-refractivity contribution in [3.8, 4) is 0 Å². The summed E-state index contributed by atoms with van der Waals surface area (Å²) in [6.45, 7) is 13.0. The molecule has 2 saturated heterocycles. The third-order valence-electron chi connectivity index (χ3n) is 6.11. The molecule has 3 atom stereocenters. The van der Waals surface area contributed by atoms with E-state index in [-0.39, 0.29) is 24.2 Å². The first-order chi connectivity index (χ1) is 14.0. The summed E-state index contributed by atoms with van der Waals surface area (Å²) >= 11 is 0. The summed E-state index contributed by atoms with van der Waals surface area (Å²) in [4.78, 5) is 28.7. The Morgan fingerprint density at radius 3 is 2.77 bits per heavy atom. The molecule has 3 heterocycles. The molecule has 1 amide bonds. The van der Waals surface area contributed by atoms with Crippen LogP contribution >= 0.6 is 0 Å². The van der Waals surface area contributed by atoms with Crippen LogP contribution in [0.25, 0.3) is 0 Å². The van der Waals surface area contributed by atoms with Crippen LogP contribution in [-0.4, -0.2) is 72.4 Å². The molecule has 4 rings (SSSR count). The number of ether oxygens (including phenoxy) is 3. The summed E-state index contributed by atoms with van der Waals surface area (Å²) in [5.74, 6) is -0.247. The lowest BCUT2D eigenvalue weighted by atomic mass is 9.87. The molecule has 0 N–H and O–H groups in total. The van der Waals surface area contributed by atoms with Crippen molar-refractivity contribution in [2.75, 3.05) is 32.8 Å². The number of amides is 1. The summed E-state index contributed by atoms with van der Waals surface area (Å²) in [7, 11) is 0. The zero-order chi connectivity index (χ0) is 21.7. The van der Waals surface area contributed by atoms with Gasteiger partial charge in [-0.15, -0.1) is 0 Å². The molecule has 0 aliphatic carbocycles. The molecule has 0 aromatic heterocycles. The smallest absolute Gasteiger partial charge is 0.410 e. The average Bonchev–Trinajstić information content (AvgIpc) is 2.65. The lowest BCUT2D eigenvalue weighted by molar-refractivity contribution is -0.144. The Hall–Kier alpha value is -2.12. The SMILES string of the molecule is C[C@H]1Cc2cc([C@]3(C)CN4CCN(C(=O)OC(C)(C)C)C[C@H]4CO3)ccc2C(=O)O1. The maximum atomic E-state index is 12.4. The summed E-state index contributed by atoms with van der Waals surface area (Å²) < 4.78 is 17.2. The third-order valence-corrected chi connectivity index (χ3v) is 6.11. The van der Waals surface area contributed by atoms with Gasteiger partial charge in [-0.05, 0) is 51.8 Å². The fraction of sp³-hybridized carbons (Fsp3) is 0.652. The first-order valence-electron chi connectivity index (χ1n) is 10.7. The van der Waals surface area contributed by atoms with Crippen molar-refractivity contribution in [3.63, 3.8) is 0 Å². The molecular formula is C23H32N2O5. The number of morpholine rings is 1. The highest BCUT2D eigenvalue weighted by Crippen LogP contribution is 2.35. The summed E-state index contributed by atoms with van der Waals surface area (Å²) in [5, 5.41) is 0. The lowest BCUT2D eigenvalue weighted by Crippen LogP contribution is -2.63. The molecule has 164 valence electrons. The number of esters is 1. The number of cyclic esters (lactones) is 1. The number of fused-ring (bicyclic) bond motifs is 2. The van der Waals surface area contributed by atoms with Crippen LogP contribution in [0.3, 0.4) is 0 Å². The van der Waals surface area contributed by atoms with Gasteiger partial charge in [0.05, 0.1) is 18.2 Å². The van der Waals surface area contributed by atoms with Crippen molar-refractivity contribution in [1.82, 2.24) is 9.80 Å². The Morgan fingerprint density at radius 2 is 2.03 bits per heavy atom. The number of carbonyl (C=O) groups excluding carboxylic acids is 2. The summed E-state index contributed by atoms with van der Waals surface area (Å²) in [6, 6.07) is 6.10. The zero-order valence-corrected chi connectivity index (χ0v) is 18.6. The molecule has 0 saturated carbocycles. The molecule has 2 fully saturated rings. The normalized spacial score (nSPS) is 29.6.